The van der Waals surface area contributed by atoms with Crippen LogP contribution in [-0.4, -0.2) is 52.6 Å². The summed E-state index contributed by atoms with van der Waals surface area (Å²) in [5.74, 6) is -0.221. The Morgan fingerprint density at radius 1 is 0.926 bits per heavy atom. The van der Waals surface area contributed by atoms with Crippen molar-refractivity contribution >= 4 is 10.9 Å². The zero-order valence-corrected chi connectivity index (χ0v) is 15.3. The quantitative estimate of drug-likeness (QED) is 0.754. The first-order valence-electron chi connectivity index (χ1n) is 9.40. The molecule has 0 amide bonds. The van der Waals surface area contributed by atoms with Gasteiger partial charge in [-0.25, -0.2) is 4.39 Å². The van der Waals surface area contributed by atoms with E-state index in [4.69, 9.17) is 0 Å². The van der Waals surface area contributed by atoms with Crippen molar-refractivity contribution in [3.05, 3.63) is 77.7 Å². The smallest absolute Gasteiger partial charge is 0.132 e. The number of rotatable bonds is 5. The third kappa shape index (κ3) is 4.16. The minimum absolute atomic E-state index is 0.221. The third-order valence-corrected chi connectivity index (χ3v) is 5.27. The number of fused-ring (bicyclic) bond motifs is 1. The lowest BCUT2D eigenvalue weighted by Gasteiger charge is -2.35. The Morgan fingerprint density at radius 3 is 2.44 bits per heavy atom. The lowest BCUT2D eigenvalue weighted by Crippen LogP contribution is -2.47. The number of aliphatic hydroxyl groups excluding tert-OH is 1. The van der Waals surface area contributed by atoms with E-state index in [0.29, 0.717) is 11.9 Å². The fraction of sp³-hybridized carbons (Fsp3) is 0.318. The van der Waals surface area contributed by atoms with E-state index < -0.39 is 6.10 Å². The number of aromatic nitrogens is 1. The summed E-state index contributed by atoms with van der Waals surface area (Å²) in [5, 5.41) is 11.0. The van der Waals surface area contributed by atoms with Crippen LogP contribution in [0.2, 0.25) is 0 Å². The van der Waals surface area contributed by atoms with Gasteiger partial charge in [-0.15, -0.1) is 0 Å². The number of aliphatic hydroxyl groups is 1. The minimum Gasteiger partial charge on any atom is -0.387 e. The maximum Gasteiger partial charge on any atom is 0.132 e. The van der Waals surface area contributed by atoms with Gasteiger partial charge in [0.2, 0.25) is 0 Å². The zero-order chi connectivity index (χ0) is 18.6. The topological polar surface area (TPSA) is 39.6 Å². The molecule has 2 heterocycles. The van der Waals surface area contributed by atoms with Gasteiger partial charge < -0.3 is 5.11 Å². The molecular weight excluding hydrogens is 341 g/mol. The van der Waals surface area contributed by atoms with Crippen LogP contribution < -0.4 is 0 Å². The highest BCUT2D eigenvalue weighted by Gasteiger charge is 2.20. The highest BCUT2D eigenvalue weighted by Crippen LogP contribution is 2.22. The summed E-state index contributed by atoms with van der Waals surface area (Å²) in [7, 11) is 0. The maximum absolute atomic E-state index is 14.0. The predicted molar refractivity (Wildman–Crippen MR) is 105 cm³/mol. The van der Waals surface area contributed by atoms with Gasteiger partial charge in [-0.05, 0) is 29.3 Å². The van der Waals surface area contributed by atoms with Gasteiger partial charge in [0.25, 0.3) is 0 Å². The lowest BCUT2D eigenvalue weighted by molar-refractivity contribution is 0.0702. The van der Waals surface area contributed by atoms with E-state index in [-0.39, 0.29) is 5.82 Å². The molecule has 1 unspecified atom stereocenters. The molecule has 0 spiro atoms. The standard InChI is InChI=1S/C22H24FN3O/c23-20-9-8-18(22-19(20)7-4-10-24-22)15-25-11-13-26(14-12-25)16-21(27)17-5-2-1-3-6-17/h1-10,21,27H,11-16H2. The van der Waals surface area contributed by atoms with Crippen LogP contribution in [0.5, 0.6) is 0 Å². The van der Waals surface area contributed by atoms with Crippen molar-refractivity contribution in [1.82, 2.24) is 14.8 Å². The van der Waals surface area contributed by atoms with E-state index in [1.807, 2.05) is 36.4 Å². The summed E-state index contributed by atoms with van der Waals surface area (Å²) >= 11 is 0. The van der Waals surface area contributed by atoms with Gasteiger partial charge in [-0.1, -0.05) is 36.4 Å². The highest BCUT2D eigenvalue weighted by atomic mass is 19.1. The number of piperazine rings is 1. The molecule has 1 aromatic heterocycles. The van der Waals surface area contributed by atoms with Crippen LogP contribution in [0, 0.1) is 5.82 Å². The van der Waals surface area contributed by atoms with Crippen LogP contribution in [0.15, 0.2) is 60.8 Å². The van der Waals surface area contributed by atoms with Gasteiger partial charge in [0.15, 0.2) is 0 Å². The van der Waals surface area contributed by atoms with E-state index in [1.54, 1.807) is 18.3 Å². The number of pyridine rings is 1. The Labute approximate surface area is 158 Å². The lowest BCUT2D eigenvalue weighted by atomic mass is 10.1. The Kier molecular flexibility index (Phi) is 5.43. The fourth-order valence-electron chi connectivity index (χ4n) is 3.72. The van der Waals surface area contributed by atoms with Crippen molar-refractivity contribution < 1.29 is 9.50 Å². The van der Waals surface area contributed by atoms with Gasteiger partial charge in [0, 0.05) is 50.9 Å². The van der Waals surface area contributed by atoms with Gasteiger partial charge in [0.05, 0.1) is 11.6 Å². The number of hydrogen-bond donors (Lipinski definition) is 1. The van der Waals surface area contributed by atoms with E-state index in [9.17, 15) is 9.50 Å². The molecule has 4 nitrogen and oxygen atoms in total. The Morgan fingerprint density at radius 2 is 1.67 bits per heavy atom. The molecule has 1 fully saturated rings. The summed E-state index contributed by atoms with van der Waals surface area (Å²) in [6.07, 6.45) is 1.26. The van der Waals surface area contributed by atoms with Crippen LogP contribution in [-0.2, 0) is 6.54 Å². The third-order valence-electron chi connectivity index (χ3n) is 5.27. The number of hydrogen-bond acceptors (Lipinski definition) is 4. The van der Waals surface area contributed by atoms with E-state index in [2.05, 4.69) is 14.8 Å². The Hall–Kier alpha value is -2.34. The summed E-state index contributed by atoms with van der Waals surface area (Å²) in [5.41, 5.74) is 2.77. The van der Waals surface area contributed by atoms with Crippen molar-refractivity contribution in [1.29, 1.82) is 0 Å². The molecule has 0 saturated carbocycles. The van der Waals surface area contributed by atoms with Gasteiger partial charge in [0.1, 0.15) is 5.82 Å². The molecule has 1 saturated heterocycles. The largest absolute Gasteiger partial charge is 0.387 e. The van der Waals surface area contributed by atoms with Crippen molar-refractivity contribution in [2.24, 2.45) is 0 Å². The van der Waals surface area contributed by atoms with Crippen LogP contribution in [0.4, 0.5) is 4.39 Å². The average molecular weight is 365 g/mol. The second-order valence-electron chi connectivity index (χ2n) is 7.11. The molecule has 5 heteroatoms. The Bertz CT molecular complexity index is 894. The number of benzene rings is 2. The SMILES string of the molecule is OC(CN1CCN(Cc2ccc(F)c3cccnc23)CC1)c1ccccc1. The van der Waals surface area contributed by atoms with Crippen molar-refractivity contribution in [3.8, 4) is 0 Å². The molecule has 2 aromatic carbocycles. The van der Waals surface area contributed by atoms with Crippen LogP contribution in [0.1, 0.15) is 17.2 Å². The Balaban J connectivity index is 1.36. The fourth-order valence-corrected chi connectivity index (χ4v) is 3.72. The normalized spacial score (nSPS) is 17.3. The number of nitrogens with zero attached hydrogens (tertiary/aromatic N) is 3. The second-order valence-corrected chi connectivity index (χ2v) is 7.11. The first-order chi connectivity index (χ1) is 13.2. The minimum atomic E-state index is -0.456. The molecule has 4 rings (SSSR count). The highest BCUT2D eigenvalue weighted by molar-refractivity contribution is 5.82. The van der Waals surface area contributed by atoms with E-state index in [0.717, 1.165) is 49.4 Å². The van der Waals surface area contributed by atoms with Gasteiger partial charge in [-0.2, -0.15) is 0 Å². The molecule has 1 N–H and O–H groups in total. The average Bonchev–Trinajstić information content (AvgIpc) is 2.72. The molecule has 3 aromatic rings. The predicted octanol–water partition coefficient (Wildman–Crippen LogP) is 3.23. The molecule has 0 radical (unpaired) electrons. The molecule has 0 bridgehead atoms. The molecule has 140 valence electrons. The first kappa shape index (κ1) is 18.0. The summed E-state index contributed by atoms with van der Waals surface area (Å²) in [6, 6.07) is 16.7. The second kappa shape index (κ2) is 8.13. The van der Waals surface area contributed by atoms with Crippen molar-refractivity contribution in [3.63, 3.8) is 0 Å². The van der Waals surface area contributed by atoms with Gasteiger partial charge >= 0.3 is 0 Å². The molecule has 27 heavy (non-hydrogen) atoms. The summed E-state index contributed by atoms with van der Waals surface area (Å²) in [6.45, 7) is 5.09. The molecular formula is C22H24FN3O. The molecule has 1 aliphatic rings. The molecule has 1 atom stereocenters. The maximum atomic E-state index is 14.0. The molecule has 0 aliphatic carbocycles. The monoisotopic (exact) mass is 365 g/mol. The van der Waals surface area contributed by atoms with Crippen LogP contribution >= 0.6 is 0 Å². The van der Waals surface area contributed by atoms with Crippen molar-refractivity contribution in [2.75, 3.05) is 32.7 Å². The van der Waals surface area contributed by atoms with E-state index in [1.165, 1.54) is 6.07 Å². The van der Waals surface area contributed by atoms with Gasteiger partial charge in [-0.3, -0.25) is 14.8 Å². The van der Waals surface area contributed by atoms with Crippen molar-refractivity contribution in [2.45, 2.75) is 12.6 Å². The number of β-amino-alcohol motifs (C(OH)–C–C–N with tert-alkyl or cyclic N) is 1. The molecule has 1 aliphatic heterocycles. The summed E-state index contributed by atoms with van der Waals surface area (Å²) < 4.78 is 14.0. The van der Waals surface area contributed by atoms with Crippen LogP contribution in [0.25, 0.3) is 10.9 Å². The first-order valence-corrected chi connectivity index (χ1v) is 9.40. The van der Waals surface area contributed by atoms with E-state index >= 15 is 0 Å². The summed E-state index contributed by atoms with van der Waals surface area (Å²) in [4.78, 5) is 9.05. The van der Waals surface area contributed by atoms with Crippen LogP contribution in [0.3, 0.4) is 0 Å². The zero-order valence-electron chi connectivity index (χ0n) is 15.3. The number of halogens is 1.